The Kier molecular flexibility index (Phi) is 5.97. The van der Waals surface area contributed by atoms with Crippen LogP contribution in [-0.2, 0) is 10.8 Å². The molecular weight excluding hydrogens is 446 g/mol. The van der Waals surface area contributed by atoms with Gasteiger partial charge in [-0.2, -0.15) is 0 Å². The number of fused-ring (bicyclic) bond motifs is 6. The Hall–Kier alpha value is -3.15. The third-order valence-corrected chi connectivity index (χ3v) is 7.81. The highest BCUT2D eigenvalue weighted by Gasteiger charge is 2.36. The van der Waals surface area contributed by atoms with E-state index < -0.39 is 14.2 Å². The molecule has 0 saturated carbocycles. The van der Waals surface area contributed by atoms with Crippen LogP contribution in [0.2, 0.25) is 0 Å². The first kappa shape index (κ1) is 24.5. The van der Waals surface area contributed by atoms with Crippen LogP contribution in [0, 0.1) is 0 Å². The van der Waals surface area contributed by atoms with Crippen molar-refractivity contribution in [3.63, 3.8) is 0 Å². The summed E-state index contributed by atoms with van der Waals surface area (Å²) in [5.74, 6) is 0. The Bertz CT molecular complexity index is 1350. The smallest absolute Gasteiger partial charge is 0.423 e. The quantitative estimate of drug-likeness (QED) is 0.335. The largest absolute Gasteiger partial charge is 0.488 e. The molecule has 0 spiro atoms. The van der Waals surface area contributed by atoms with Crippen LogP contribution in [0.25, 0.3) is 22.3 Å². The third-order valence-electron chi connectivity index (χ3n) is 7.81. The first-order chi connectivity index (χ1) is 17.0. The Balaban J connectivity index is 0.000000148. The topological polar surface area (TPSA) is 80.9 Å². The molecule has 0 radical (unpaired) electrons. The van der Waals surface area contributed by atoms with E-state index in [9.17, 15) is 20.1 Å². The molecule has 2 aliphatic carbocycles. The van der Waals surface area contributed by atoms with Gasteiger partial charge in [-0.05, 0) is 55.4 Å². The average Bonchev–Trinajstić information content (AvgIpc) is 3.24. The lowest BCUT2D eigenvalue weighted by Crippen LogP contribution is -2.31. The van der Waals surface area contributed by atoms with Crippen LogP contribution >= 0.6 is 0 Å². The number of hydrogen-bond donors (Lipinski definition) is 4. The molecule has 0 aromatic heterocycles. The van der Waals surface area contributed by atoms with Gasteiger partial charge in [0.1, 0.15) is 0 Å². The van der Waals surface area contributed by atoms with Crippen molar-refractivity contribution in [1.29, 1.82) is 0 Å². The van der Waals surface area contributed by atoms with Crippen LogP contribution < -0.4 is 10.9 Å². The SMILES string of the molecule is CC1(C)c2ccccc2-c2ccc(B(O)O)cc21.CC1(C)c2ccccc2-c2ccc(B(O)O)cc21. The number of rotatable bonds is 2. The maximum atomic E-state index is 9.30. The summed E-state index contributed by atoms with van der Waals surface area (Å²) in [4.78, 5) is 0. The lowest BCUT2D eigenvalue weighted by Gasteiger charge is -2.21. The maximum absolute atomic E-state index is 9.30. The summed E-state index contributed by atoms with van der Waals surface area (Å²) in [5.41, 5.74) is 10.7. The van der Waals surface area contributed by atoms with Gasteiger partial charge in [0.2, 0.25) is 0 Å². The molecule has 6 heteroatoms. The van der Waals surface area contributed by atoms with Gasteiger partial charge in [-0.25, -0.2) is 0 Å². The minimum absolute atomic E-state index is 0.0865. The Morgan fingerprint density at radius 3 is 1.14 bits per heavy atom. The Morgan fingerprint density at radius 2 is 0.778 bits per heavy atom. The third kappa shape index (κ3) is 3.82. The van der Waals surface area contributed by atoms with Crippen molar-refractivity contribution in [2.75, 3.05) is 0 Å². The van der Waals surface area contributed by atoms with Crippen LogP contribution in [0.5, 0.6) is 0 Å². The molecule has 0 unspecified atom stereocenters. The molecule has 0 heterocycles. The highest BCUT2D eigenvalue weighted by Crippen LogP contribution is 2.48. The molecule has 4 aromatic rings. The zero-order valence-corrected chi connectivity index (χ0v) is 21.0. The number of benzene rings is 4. The molecule has 6 rings (SSSR count). The van der Waals surface area contributed by atoms with Crippen molar-refractivity contribution in [1.82, 2.24) is 0 Å². The summed E-state index contributed by atoms with van der Waals surface area (Å²) in [6.45, 7) is 8.69. The standard InChI is InChI=1S/2C15H15BO2/c2*1-15(2)13-6-4-3-5-11(13)12-8-7-10(16(17)18)9-14(12)15/h2*3-9,17-18H,1-2H3. The molecule has 0 saturated heterocycles. The Labute approximate surface area is 213 Å². The fraction of sp³-hybridized carbons (Fsp3) is 0.200. The molecule has 0 bridgehead atoms. The second-order valence-electron chi connectivity index (χ2n) is 10.7. The fourth-order valence-corrected chi connectivity index (χ4v) is 5.77. The summed E-state index contributed by atoms with van der Waals surface area (Å²) in [6, 6.07) is 28.0. The van der Waals surface area contributed by atoms with E-state index in [1.54, 1.807) is 12.1 Å². The maximum Gasteiger partial charge on any atom is 0.488 e. The van der Waals surface area contributed by atoms with Crippen LogP contribution in [0.4, 0.5) is 0 Å². The van der Waals surface area contributed by atoms with Crippen molar-refractivity contribution in [3.8, 4) is 22.3 Å². The average molecular weight is 476 g/mol. The minimum Gasteiger partial charge on any atom is -0.423 e. The predicted octanol–water partition coefficient (Wildman–Crippen LogP) is 3.35. The van der Waals surface area contributed by atoms with Gasteiger partial charge in [-0.3, -0.25) is 0 Å². The molecular formula is C30H30B2O4. The molecule has 180 valence electrons. The Morgan fingerprint density at radius 1 is 0.444 bits per heavy atom. The normalized spacial score (nSPS) is 15.1. The molecule has 4 aromatic carbocycles. The molecule has 0 aliphatic heterocycles. The highest BCUT2D eigenvalue weighted by atomic mass is 16.4. The monoisotopic (exact) mass is 476 g/mol. The van der Waals surface area contributed by atoms with Crippen LogP contribution in [0.3, 0.4) is 0 Å². The van der Waals surface area contributed by atoms with Crippen molar-refractivity contribution in [2.45, 2.75) is 38.5 Å². The summed E-state index contributed by atoms with van der Waals surface area (Å²) in [7, 11) is -2.82. The van der Waals surface area contributed by atoms with Gasteiger partial charge in [0, 0.05) is 10.8 Å². The number of hydrogen-bond acceptors (Lipinski definition) is 4. The van der Waals surface area contributed by atoms with E-state index in [1.165, 1.54) is 33.4 Å². The summed E-state index contributed by atoms with van der Waals surface area (Å²) in [5, 5.41) is 37.2. The lowest BCUT2D eigenvalue weighted by atomic mass is 9.75. The molecule has 4 N–H and O–H groups in total. The van der Waals surface area contributed by atoms with Crippen LogP contribution in [0.1, 0.15) is 49.9 Å². The van der Waals surface area contributed by atoms with Crippen molar-refractivity contribution in [2.24, 2.45) is 0 Å². The van der Waals surface area contributed by atoms with E-state index in [1.807, 2.05) is 48.5 Å². The van der Waals surface area contributed by atoms with Gasteiger partial charge in [0.05, 0.1) is 0 Å². The van der Waals surface area contributed by atoms with E-state index in [4.69, 9.17) is 0 Å². The molecule has 36 heavy (non-hydrogen) atoms. The minimum atomic E-state index is -1.41. The highest BCUT2D eigenvalue weighted by molar-refractivity contribution is 6.59. The summed E-state index contributed by atoms with van der Waals surface area (Å²) >= 11 is 0. The summed E-state index contributed by atoms with van der Waals surface area (Å²) < 4.78 is 0. The van der Waals surface area contributed by atoms with E-state index in [0.29, 0.717) is 10.9 Å². The van der Waals surface area contributed by atoms with Gasteiger partial charge in [-0.15, -0.1) is 0 Å². The second kappa shape index (κ2) is 8.75. The predicted molar refractivity (Wildman–Crippen MR) is 148 cm³/mol. The van der Waals surface area contributed by atoms with Crippen LogP contribution in [0.15, 0.2) is 84.9 Å². The van der Waals surface area contributed by atoms with E-state index in [-0.39, 0.29) is 10.8 Å². The zero-order valence-electron chi connectivity index (χ0n) is 21.0. The van der Waals surface area contributed by atoms with Crippen molar-refractivity contribution < 1.29 is 20.1 Å². The lowest BCUT2D eigenvalue weighted by molar-refractivity contribution is 0.424. The van der Waals surface area contributed by atoms with Gasteiger partial charge in [0.15, 0.2) is 0 Å². The van der Waals surface area contributed by atoms with Crippen molar-refractivity contribution in [3.05, 3.63) is 107 Å². The fourth-order valence-electron chi connectivity index (χ4n) is 5.77. The molecule has 0 fully saturated rings. The molecule has 4 nitrogen and oxygen atoms in total. The van der Waals surface area contributed by atoms with Crippen molar-refractivity contribution >= 4 is 25.2 Å². The second-order valence-corrected chi connectivity index (χ2v) is 10.7. The van der Waals surface area contributed by atoms with Gasteiger partial charge < -0.3 is 20.1 Å². The van der Waals surface area contributed by atoms with E-state index in [2.05, 4.69) is 52.0 Å². The molecule has 2 aliphatic rings. The van der Waals surface area contributed by atoms with Gasteiger partial charge >= 0.3 is 14.2 Å². The molecule has 0 atom stereocenters. The van der Waals surface area contributed by atoms with Gasteiger partial charge in [-0.1, -0.05) is 113 Å². The first-order valence-electron chi connectivity index (χ1n) is 12.2. The van der Waals surface area contributed by atoms with Gasteiger partial charge in [0.25, 0.3) is 0 Å². The first-order valence-corrected chi connectivity index (χ1v) is 12.2. The summed E-state index contributed by atoms with van der Waals surface area (Å²) in [6.07, 6.45) is 0. The van der Waals surface area contributed by atoms with E-state index in [0.717, 1.165) is 11.1 Å². The molecule has 0 amide bonds. The zero-order chi connectivity index (χ0) is 25.8. The van der Waals surface area contributed by atoms with Crippen LogP contribution in [-0.4, -0.2) is 34.3 Å². The van der Waals surface area contributed by atoms with E-state index >= 15 is 0 Å².